The Labute approximate surface area is 130 Å². The minimum absolute atomic E-state index is 0.142. The van der Waals surface area contributed by atoms with Crippen LogP contribution in [0.1, 0.15) is 23.5 Å². The Morgan fingerprint density at radius 1 is 0.909 bits per heavy atom. The molecule has 0 atom stereocenters. The Bertz CT molecular complexity index is 532. The molecule has 0 aromatic heterocycles. The number of hydrogen-bond donors (Lipinski definition) is 2. The van der Waals surface area contributed by atoms with Gasteiger partial charge in [0, 0.05) is 19.0 Å². The Morgan fingerprint density at radius 3 is 1.82 bits per heavy atom. The Hall–Kier alpha value is -2.33. The molecule has 22 heavy (non-hydrogen) atoms. The molecule has 1 amide bonds. The molecular weight excluding hydrogens is 278 g/mol. The van der Waals surface area contributed by atoms with Crippen LogP contribution in [0, 0.1) is 0 Å². The minimum Gasteiger partial charge on any atom is -0.465 e. The maximum absolute atomic E-state index is 11.2. The first-order chi connectivity index (χ1) is 10.7. The Kier molecular flexibility index (Phi) is 5.98. The van der Waals surface area contributed by atoms with Crippen LogP contribution in [-0.4, -0.2) is 40.9 Å². The van der Waals surface area contributed by atoms with Crippen LogP contribution < -0.4 is 0 Å². The highest BCUT2D eigenvalue weighted by atomic mass is 16.4. The van der Waals surface area contributed by atoms with Crippen molar-refractivity contribution in [1.82, 2.24) is 4.90 Å². The molecule has 0 saturated carbocycles. The summed E-state index contributed by atoms with van der Waals surface area (Å²) in [5.74, 6) is 0.142. The van der Waals surface area contributed by atoms with Crippen LogP contribution >= 0.6 is 0 Å². The maximum atomic E-state index is 11.2. The lowest BCUT2D eigenvalue weighted by Gasteiger charge is -2.23. The molecule has 0 spiro atoms. The van der Waals surface area contributed by atoms with E-state index in [1.165, 1.54) is 16.0 Å². The van der Waals surface area contributed by atoms with Crippen LogP contribution in [-0.2, 0) is 0 Å². The number of rotatable bonds is 7. The van der Waals surface area contributed by atoms with Crippen molar-refractivity contribution in [3.8, 4) is 0 Å². The molecule has 116 valence electrons. The third-order valence-electron chi connectivity index (χ3n) is 3.73. The molecule has 0 bridgehead atoms. The van der Waals surface area contributed by atoms with Crippen molar-refractivity contribution in [2.24, 2.45) is 0 Å². The number of carbonyl (C=O) groups is 1. The van der Waals surface area contributed by atoms with Gasteiger partial charge in [0.05, 0.1) is 6.61 Å². The second kappa shape index (κ2) is 8.20. The van der Waals surface area contributed by atoms with Gasteiger partial charge in [0.2, 0.25) is 0 Å². The molecular formula is C18H21NO3. The number of nitrogens with zero attached hydrogens (tertiary/aromatic N) is 1. The average Bonchev–Trinajstić information content (AvgIpc) is 2.56. The standard InChI is InChI=1S/C18H21NO3/c20-14-13-19(18(21)22)12-11-17(15-7-3-1-4-8-15)16-9-5-2-6-10-16/h1-10,17,20H,11-14H2,(H,21,22). The van der Waals surface area contributed by atoms with Crippen molar-refractivity contribution in [1.29, 1.82) is 0 Å². The molecule has 0 aliphatic heterocycles. The van der Waals surface area contributed by atoms with Crippen molar-refractivity contribution in [3.05, 3.63) is 71.8 Å². The van der Waals surface area contributed by atoms with E-state index < -0.39 is 6.09 Å². The van der Waals surface area contributed by atoms with Crippen molar-refractivity contribution >= 4 is 6.09 Å². The van der Waals surface area contributed by atoms with Crippen molar-refractivity contribution in [2.45, 2.75) is 12.3 Å². The summed E-state index contributed by atoms with van der Waals surface area (Å²) in [6, 6.07) is 20.2. The lowest BCUT2D eigenvalue weighted by atomic mass is 9.88. The normalized spacial score (nSPS) is 10.6. The zero-order valence-corrected chi connectivity index (χ0v) is 12.4. The predicted molar refractivity (Wildman–Crippen MR) is 86.0 cm³/mol. The van der Waals surface area contributed by atoms with E-state index in [2.05, 4.69) is 24.3 Å². The fraction of sp³-hybridized carbons (Fsp3) is 0.278. The van der Waals surface area contributed by atoms with Gasteiger partial charge in [-0.05, 0) is 17.5 Å². The Morgan fingerprint density at radius 2 is 1.41 bits per heavy atom. The van der Waals surface area contributed by atoms with Gasteiger partial charge in [-0.2, -0.15) is 0 Å². The molecule has 0 saturated heterocycles. The lowest BCUT2D eigenvalue weighted by molar-refractivity contribution is 0.131. The topological polar surface area (TPSA) is 60.8 Å². The first-order valence-corrected chi connectivity index (χ1v) is 7.41. The summed E-state index contributed by atoms with van der Waals surface area (Å²) in [5, 5.41) is 18.2. The predicted octanol–water partition coefficient (Wildman–Crippen LogP) is 3.18. The second-order valence-electron chi connectivity index (χ2n) is 5.16. The summed E-state index contributed by atoms with van der Waals surface area (Å²) in [6.07, 6.45) is -0.311. The molecule has 0 unspecified atom stereocenters. The van der Waals surface area contributed by atoms with E-state index in [0.717, 1.165) is 0 Å². The molecule has 0 aliphatic rings. The van der Waals surface area contributed by atoms with Crippen LogP contribution in [0.4, 0.5) is 4.79 Å². The third-order valence-corrected chi connectivity index (χ3v) is 3.73. The van der Waals surface area contributed by atoms with Crippen LogP contribution in [0.15, 0.2) is 60.7 Å². The molecule has 0 radical (unpaired) electrons. The fourth-order valence-corrected chi connectivity index (χ4v) is 2.61. The molecule has 4 heteroatoms. The van der Waals surface area contributed by atoms with Gasteiger partial charge in [0.1, 0.15) is 0 Å². The molecule has 2 aromatic carbocycles. The summed E-state index contributed by atoms with van der Waals surface area (Å²) in [6.45, 7) is 0.379. The number of aliphatic hydroxyl groups excluding tert-OH is 1. The van der Waals surface area contributed by atoms with Crippen molar-refractivity contribution < 1.29 is 15.0 Å². The van der Waals surface area contributed by atoms with Gasteiger partial charge in [-0.3, -0.25) is 0 Å². The number of carboxylic acid groups (broad SMARTS) is 1. The number of benzene rings is 2. The zero-order valence-electron chi connectivity index (χ0n) is 12.4. The van der Waals surface area contributed by atoms with Gasteiger partial charge in [0.25, 0.3) is 0 Å². The number of hydrogen-bond acceptors (Lipinski definition) is 2. The highest BCUT2D eigenvalue weighted by Gasteiger charge is 2.17. The summed E-state index contributed by atoms with van der Waals surface area (Å²) in [4.78, 5) is 12.5. The maximum Gasteiger partial charge on any atom is 0.407 e. The van der Waals surface area contributed by atoms with Gasteiger partial charge in [-0.25, -0.2) is 4.79 Å². The monoisotopic (exact) mass is 299 g/mol. The third kappa shape index (κ3) is 4.33. The van der Waals surface area contributed by atoms with E-state index >= 15 is 0 Å². The van der Waals surface area contributed by atoms with Gasteiger partial charge in [-0.1, -0.05) is 60.7 Å². The van der Waals surface area contributed by atoms with Crippen LogP contribution in [0.2, 0.25) is 0 Å². The van der Waals surface area contributed by atoms with Crippen LogP contribution in [0.3, 0.4) is 0 Å². The highest BCUT2D eigenvalue weighted by Crippen LogP contribution is 2.28. The van der Waals surface area contributed by atoms with E-state index in [1.54, 1.807) is 0 Å². The van der Waals surface area contributed by atoms with E-state index in [0.29, 0.717) is 13.0 Å². The first kappa shape index (κ1) is 16.0. The lowest BCUT2D eigenvalue weighted by Crippen LogP contribution is -2.33. The summed E-state index contributed by atoms with van der Waals surface area (Å²) in [5.41, 5.74) is 2.34. The van der Waals surface area contributed by atoms with Crippen molar-refractivity contribution in [2.75, 3.05) is 19.7 Å². The molecule has 0 aliphatic carbocycles. The highest BCUT2D eigenvalue weighted by molar-refractivity contribution is 5.64. The Balaban J connectivity index is 2.17. The average molecular weight is 299 g/mol. The second-order valence-corrected chi connectivity index (χ2v) is 5.16. The summed E-state index contributed by atoms with van der Waals surface area (Å²) >= 11 is 0. The van der Waals surface area contributed by atoms with E-state index in [1.807, 2.05) is 36.4 Å². The van der Waals surface area contributed by atoms with E-state index in [9.17, 15) is 9.90 Å². The molecule has 0 fully saturated rings. The zero-order chi connectivity index (χ0) is 15.8. The smallest absolute Gasteiger partial charge is 0.407 e. The fourth-order valence-electron chi connectivity index (χ4n) is 2.61. The SMILES string of the molecule is O=C(O)N(CCO)CCC(c1ccccc1)c1ccccc1. The largest absolute Gasteiger partial charge is 0.465 e. The van der Waals surface area contributed by atoms with Gasteiger partial charge >= 0.3 is 6.09 Å². The van der Waals surface area contributed by atoms with Gasteiger partial charge in [-0.15, -0.1) is 0 Å². The quantitative estimate of drug-likeness (QED) is 0.825. The number of amides is 1. The molecule has 2 N–H and O–H groups in total. The minimum atomic E-state index is -0.992. The van der Waals surface area contributed by atoms with E-state index in [4.69, 9.17) is 5.11 Å². The summed E-state index contributed by atoms with van der Waals surface area (Å²) in [7, 11) is 0. The molecule has 0 heterocycles. The van der Waals surface area contributed by atoms with E-state index in [-0.39, 0.29) is 19.1 Å². The summed E-state index contributed by atoms with van der Waals surface area (Å²) < 4.78 is 0. The first-order valence-electron chi connectivity index (χ1n) is 7.41. The number of aliphatic hydroxyl groups is 1. The van der Waals surface area contributed by atoms with Crippen LogP contribution in [0.25, 0.3) is 0 Å². The molecule has 2 rings (SSSR count). The van der Waals surface area contributed by atoms with Gasteiger partial charge < -0.3 is 15.1 Å². The molecule has 2 aromatic rings. The molecule has 4 nitrogen and oxygen atoms in total. The van der Waals surface area contributed by atoms with Gasteiger partial charge in [0.15, 0.2) is 0 Å². The van der Waals surface area contributed by atoms with Crippen molar-refractivity contribution in [3.63, 3.8) is 0 Å². The van der Waals surface area contributed by atoms with Crippen LogP contribution in [0.5, 0.6) is 0 Å².